The van der Waals surface area contributed by atoms with Gasteiger partial charge in [-0.15, -0.1) is 0 Å². The summed E-state index contributed by atoms with van der Waals surface area (Å²) in [5.41, 5.74) is 3.85. The predicted octanol–water partition coefficient (Wildman–Crippen LogP) is 3.24. The van der Waals surface area contributed by atoms with Crippen molar-refractivity contribution in [3.8, 4) is 17.2 Å². The predicted molar refractivity (Wildman–Crippen MR) is 94.7 cm³/mol. The van der Waals surface area contributed by atoms with E-state index in [1.807, 2.05) is 50.3 Å². The van der Waals surface area contributed by atoms with Gasteiger partial charge in [-0.3, -0.25) is 0 Å². The Labute approximate surface area is 141 Å². The van der Waals surface area contributed by atoms with E-state index in [1.165, 1.54) is 0 Å². The molecule has 3 N–H and O–H groups in total. The van der Waals surface area contributed by atoms with Gasteiger partial charge in [0.15, 0.2) is 11.5 Å². The molecule has 0 spiro atoms. The second-order valence-electron chi connectivity index (χ2n) is 5.56. The molecule has 24 heavy (non-hydrogen) atoms. The summed E-state index contributed by atoms with van der Waals surface area (Å²) in [6.45, 7) is 4.94. The Morgan fingerprint density at radius 2 is 1.88 bits per heavy atom. The summed E-state index contributed by atoms with van der Waals surface area (Å²) in [5.74, 6) is 7.22. The molecule has 5 nitrogen and oxygen atoms in total. The highest BCUT2D eigenvalue weighted by atomic mass is 16.6. The van der Waals surface area contributed by atoms with Crippen LogP contribution in [0.4, 0.5) is 0 Å². The molecule has 1 aliphatic heterocycles. The van der Waals surface area contributed by atoms with Crippen LogP contribution in [0.3, 0.4) is 0 Å². The molecule has 0 aromatic heterocycles. The van der Waals surface area contributed by atoms with Gasteiger partial charge in [0.25, 0.3) is 0 Å². The fourth-order valence-corrected chi connectivity index (χ4v) is 2.77. The first-order valence-electron chi connectivity index (χ1n) is 7.78. The zero-order valence-corrected chi connectivity index (χ0v) is 13.7. The Morgan fingerprint density at radius 3 is 2.58 bits per heavy atom. The zero-order chi connectivity index (χ0) is 17.1. The van der Waals surface area contributed by atoms with Crippen molar-refractivity contribution in [2.75, 3.05) is 13.2 Å². The van der Waals surface area contributed by atoms with Crippen molar-refractivity contribution >= 4 is 11.3 Å². The van der Waals surface area contributed by atoms with Crippen molar-refractivity contribution in [2.24, 2.45) is 10.9 Å². The molecule has 1 heterocycles. The van der Waals surface area contributed by atoms with Crippen LogP contribution in [0.15, 0.2) is 47.6 Å². The highest BCUT2D eigenvalue weighted by Crippen LogP contribution is 2.34. The van der Waals surface area contributed by atoms with E-state index in [-0.39, 0.29) is 5.75 Å². The maximum Gasteiger partial charge on any atom is 0.161 e. The average molecular weight is 324 g/mol. The number of aryl methyl sites for hydroxylation is 1. The van der Waals surface area contributed by atoms with Crippen LogP contribution >= 0.6 is 0 Å². The lowest BCUT2D eigenvalue weighted by molar-refractivity contribution is 0.171. The normalized spacial score (nSPS) is 14.6. The molecule has 0 radical (unpaired) electrons. The van der Waals surface area contributed by atoms with Gasteiger partial charge in [-0.05, 0) is 43.7 Å². The quantitative estimate of drug-likeness (QED) is 0.516. The first kappa shape index (κ1) is 15.9. The third kappa shape index (κ3) is 2.93. The molecule has 1 aliphatic rings. The van der Waals surface area contributed by atoms with E-state index in [9.17, 15) is 5.11 Å². The first-order chi connectivity index (χ1) is 11.6. The molecule has 0 fully saturated rings. The number of hydrazone groups is 1. The third-order valence-electron chi connectivity index (χ3n) is 3.93. The fourth-order valence-electron chi connectivity index (χ4n) is 2.77. The van der Waals surface area contributed by atoms with Gasteiger partial charge < -0.3 is 20.4 Å². The number of aromatic hydroxyl groups is 1. The van der Waals surface area contributed by atoms with Gasteiger partial charge in [0.1, 0.15) is 24.7 Å². The molecule has 3 rings (SSSR count). The van der Waals surface area contributed by atoms with Crippen LogP contribution in [0, 0.1) is 6.92 Å². The number of nitrogens with two attached hydrogens (primary N) is 1. The minimum absolute atomic E-state index is 0.140. The van der Waals surface area contributed by atoms with Crippen molar-refractivity contribution in [3.63, 3.8) is 0 Å². The Kier molecular flexibility index (Phi) is 4.42. The summed E-state index contributed by atoms with van der Waals surface area (Å²) < 4.78 is 11.2. The van der Waals surface area contributed by atoms with E-state index in [4.69, 9.17) is 15.3 Å². The first-order valence-corrected chi connectivity index (χ1v) is 7.78. The highest BCUT2D eigenvalue weighted by Gasteiger charge is 2.18. The van der Waals surface area contributed by atoms with Gasteiger partial charge in [0.05, 0.1) is 0 Å². The molecule has 0 atom stereocenters. The maximum absolute atomic E-state index is 10.2. The summed E-state index contributed by atoms with van der Waals surface area (Å²) >= 11 is 0. The van der Waals surface area contributed by atoms with Crippen LogP contribution in [0.1, 0.15) is 23.6 Å². The van der Waals surface area contributed by atoms with E-state index < -0.39 is 0 Å². The van der Waals surface area contributed by atoms with Gasteiger partial charge in [-0.25, -0.2) is 0 Å². The minimum Gasteiger partial charge on any atom is -0.507 e. The van der Waals surface area contributed by atoms with Crippen molar-refractivity contribution in [1.82, 2.24) is 0 Å². The molecule has 124 valence electrons. The summed E-state index contributed by atoms with van der Waals surface area (Å²) in [4.78, 5) is 0. The maximum atomic E-state index is 10.2. The Hall–Kier alpha value is -2.95. The van der Waals surface area contributed by atoms with Crippen LogP contribution in [0.2, 0.25) is 0 Å². The average Bonchev–Trinajstić information content (AvgIpc) is 2.61. The lowest BCUT2D eigenvalue weighted by atomic mass is 9.94. The molecule has 2 aromatic rings. The Balaban J connectivity index is 2.06. The second kappa shape index (κ2) is 6.66. The number of phenolic OH excluding ortho intramolecular Hbond substituents is 1. The molecule has 0 aliphatic carbocycles. The fraction of sp³-hybridized carbons (Fsp3) is 0.211. The topological polar surface area (TPSA) is 77.1 Å². The van der Waals surface area contributed by atoms with Gasteiger partial charge in [0, 0.05) is 11.1 Å². The monoisotopic (exact) mass is 324 g/mol. The molecule has 2 aromatic carbocycles. The lowest BCUT2D eigenvalue weighted by Gasteiger charge is -2.20. The van der Waals surface area contributed by atoms with Gasteiger partial charge >= 0.3 is 0 Å². The van der Waals surface area contributed by atoms with Crippen LogP contribution in [-0.4, -0.2) is 24.0 Å². The van der Waals surface area contributed by atoms with E-state index in [2.05, 4.69) is 5.10 Å². The largest absolute Gasteiger partial charge is 0.507 e. The molecule has 0 saturated carbocycles. The smallest absolute Gasteiger partial charge is 0.161 e. The van der Waals surface area contributed by atoms with Crippen LogP contribution < -0.4 is 15.3 Å². The van der Waals surface area contributed by atoms with E-state index in [0.29, 0.717) is 30.2 Å². The van der Waals surface area contributed by atoms with Gasteiger partial charge in [-0.1, -0.05) is 23.8 Å². The van der Waals surface area contributed by atoms with Crippen LogP contribution in [-0.2, 0) is 0 Å². The molecular weight excluding hydrogens is 304 g/mol. The highest BCUT2D eigenvalue weighted by molar-refractivity contribution is 6.32. The number of fused-ring (bicyclic) bond motifs is 1. The van der Waals surface area contributed by atoms with Crippen LogP contribution in [0.5, 0.6) is 17.2 Å². The van der Waals surface area contributed by atoms with Crippen molar-refractivity contribution in [3.05, 3.63) is 59.2 Å². The third-order valence-corrected chi connectivity index (χ3v) is 3.93. The zero-order valence-electron chi connectivity index (χ0n) is 13.7. The van der Waals surface area contributed by atoms with Crippen LogP contribution in [0.25, 0.3) is 5.57 Å². The summed E-state index contributed by atoms with van der Waals surface area (Å²) in [7, 11) is 0. The van der Waals surface area contributed by atoms with Crippen molar-refractivity contribution in [2.45, 2.75) is 13.8 Å². The van der Waals surface area contributed by atoms with Crippen molar-refractivity contribution < 1.29 is 14.6 Å². The lowest BCUT2D eigenvalue weighted by Crippen LogP contribution is -2.15. The summed E-state index contributed by atoms with van der Waals surface area (Å²) in [6.07, 6.45) is 1.92. The van der Waals surface area contributed by atoms with E-state index >= 15 is 0 Å². The molecule has 0 bridgehead atoms. The Bertz CT molecular complexity index is 825. The SMILES string of the molecule is C/C=C(/C(=N\N)c1cc(C)ccc1O)c1ccc2c(c1)OCCO2. The Morgan fingerprint density at radius 1 is 1.12 bits per heavy atom. The minimum atomic E-state index is 0.140. The van der Waals surface area contributed by atoms with Gasteiger partial charge in [-0.2, -0.15) is 5.10 Å². The molecule has 0 amide bonds. The molecule has 5 heteroatoms. The number of benzene rings is 2. The second-order valence-corrected chi connectivity index (χ2v) is 5.56. The molecule has 0 unspecified atom stereocenters. The standard InChI is InChI=1S/C19H20N2O3/c1-3-14(13-5-7-17-18(11-13)24-9-8-23-17)19(21-20)15-10-12(2)4-6-16(15)22/h3-7,10-11,22H,8-9,20H2,1-2H3/b14-3+,21-19+. The number of ether oxygens (including phenoxy) is 2. The van der Waals surface area contributed by atoms with Crippen molar-refractivity contribution in [1.29, 1.82) is 0 Å². The summed E-state index contributed by atoms with van der Waals surface area (Å²) in [6, 6.07) is 11.1. The number of rotatable bonds is 3. The number of phenols is 1. The number of nitrogens with zero attached hydrogens (tertiary/aromatic N) is 1. The molecular formula is C19H20N2O3. The summed E-state index contributed by atoms with van der Waals surface area (Å²) in [5, 5.41) is 14.1. The van der Waals surface area contributed by atoms with E-state index in [1.54, 1.807) is 6.07 Å². The number of allylic oxidation sites excluding steroid dienone is 2. The van der Waals surface area contributed by atoms with E-state index in [0.717, 1.165) is 22.4 Å². The van der Waals surface area contributed by atoms with Gasteiger partial charge in [0.2, 0.25) is 0 Å². The number of hydrogen-bond donors (Lipinski definition) is 2. The number of hydrogen-bond acceptors (Lipinski definition) is 5. The molecule has 0 saturated heterocycles.